The highest BCUT2D eigenvalue weighted by molar-refractivity contribution is 9.11. The Morgan fingerprint density at radius 1 is 1.33 bits per heavy atom. The van der Waals surface area contributed by atoms with E-state index in [9.17, 15) is 4.79 Å². The van der Waals surface area contributed by atoms with Crippen LogP contribution in [0.2, 0.25) is 0 Å². The van der Waals surface area contributed by atoms with E-state index in [1.807, 2.05) is 32.0 Å². The van der Waals surface area contributed by atoms with Gasteiger partial charge >= 0.3 is 5.97 Å². The molecule has 1 rings (SSSR count). The molecule has 0 atom stereocenters. The average Bonchev–Trinajstić information content (AvgIpc) is 2.20. The SMILES string of the molecule is COC(=O)C(C)(C)c1cc(Br)ccc1Br. The lowest BCUT2D eigenvalue weighted by molar-refractivity contribution is -0.146. The molecule has 0 N–H and O–H groups in total. The monoisotopic (exact) mass is 334 g/mol. The smallest absolute Gasteiger partial charge is 0.315 e. The van der Waals surface area contributed by atoms with Crippen molar-refractivity contribution in [2.75, 3.05) is 7.11 Å². The highest BCUT2D eigenvalue weighted by atomic mass is 79.9. The van der Waals surface area contributed by atoms with Crippen LogP contribution in [0.3, 0.4) is 0 Å². The van der Waals surface area contributed by atoms with Gasteiger partial charge in [-0.25, -0.2) is 0 Å². The van der Waals surface area contributed by atoms with Gasteiger partial charge in [-0.15, -0.1) is 0 Å². The number of halogens is 2. The molecule has 0 fully saturated rings. The van der Waals surface area contributed by atoms with Crippen LogP contribution in [0.15, 0.2) is 27.1 Å². The molecule has 0 aliphatic rings. The molecule has 0 radical (unpaired) electrons. The third kappa shape index (κ3) is 2.61. The quantitative estimate of drug-likeness (QED) is 0.771. The normalized spacial score (nSPS) is 11.3. The standard InChI is InChI=1S/C11H12Br2O2/c1-11(2,10(14)15-3)8-6-7(12)4-5-9(8)13/h4-6H,1-3H3. The lowest BCUT2D eigenvalue weighted by atomic mass is 9.85. The second-order valence-corrected chi connectivity index (χ2v) is 5.51. The Balaban J connectivity index is 3.25. The summed E-state index contributed by atoms with van der Waals surface area (Å²) in [5, 5.41) is 0. The highest BCUT2D eigenvalue weighted by Gasteiger charge is 2.32. The third-order valence-corrected chi connectivity index (χ3v) is 3.48. The predicted octanol–water partition coefficient (Wildman–Crippen LogP) is 3.66. The van der Waals surface area contributed by atoms with Crippen molar-refractivity contribution in [1.82, 2.24) is 0 Å². The molecule has 0 aromatic heterocycles. The Hall–Kier alpha value is -0.350. The molecule has 0 spiro atoms. The molecule has 0 saturated carbocycles. The topological polar surface area (TPSA) is 26.3 Å². The van der Waals surface area contributed by atoms with Crippen LogP contribution < -0.4 is 0 Å². The van der Waals surface area contributed by atoms with Crippen LogP contribution in [0.25, 0.3) is 0 Å². The summed E-state index contributed by atoms with van der Waals surface area (Å²) in [6.45, 7) is 3.68. The Bertz CT molecular complexity index is 386. The first-order valence-corrected chi connectivity index (χ1v) is 6.02. The van der Waals surface area contributed by atoms with Gasteiger partial charge in [-0.2, -0.15) is 0 Å². The van der Waals surface area contributed by atoms with E-state index in [1.165, 1.54) is 7.11 Å². The van der Waals surface area contributed by atoms with Crippen LogP contribution in [0, 0.1) is 0 Å². The van der Waals surface area contributed by atoms with E-state index < -0.39 is 5.41 Å². The molecule has 0 aliphatic carbocycles. The highest BCUT2D eigenvalue weighted by Crippen LogP contribution is 2.33. The average molecular weight is 336 g/mol. The Kier molecular flexibility index (Phi) is 3.95. The maximum atomic E-state index is 11.6. The maximum absolute atomic E-state index is 11.6. The summed E-state index contributed by atoms with van der Waals surface area (Å²) >= 11 is 6.82. The molecule has 0 bridgehead atoms. The molecular weight excluding hydrogens is 324 g/mol. The lowest BCUT2D eigenvalue weighted by Gasteiger charge is -2.23. The van der Waals surface area contributed by atoms with Crippen molar-refractivity contribution in [3.05, 3.63) is 32.7 Å². The molecule has 15 heavy (non-hydrogen) atoms. The van der Waals surface area contributed by atoms with E-state index in [1.54, 1.807) is 0 Å². The van der Waals surface area contributed by atoms with E-state index in [2.05, 4.69) is 31.9 Å². The summed E-state index contributed by atoms with van der Waals surface area (Å²) in [6, 6.07) is 5.74. The third-order valence-electron chi connectivity index (χ3n) is 2.30. The fourth-order valence-corrected chi connectivity index (χ4v) is 2.44. The number of hydrogen-bond donors (Lipinski definition) is 0. The van der Waals surface area contributed by atoms with Crippen molar-refractivity contribution in [1.29, 1.82) is 0 Å². The molecule has 4 heteroatoms. The van der Waals surface area contributed by atoms with Gasteiger partial charge in [0, 0.05) is 8.95 Å². The Morgan fingerprint density at radius 3 is 2.47 bits per heavy atom. The summed E-state index contributed by atoms with van der Waals surface area (Å²) in [4.78, 5) is 11.6. The Labute approximate surface area is 106 Å². The summed E-state index contributed by atoms with van der Waals surface area (Å²) in [6.07, 6.45) is 0. The second-order valence-electron chi connectivity index (χ2n) is 3.74. The molecule has 2 nitrogen and oxygen atoms in total. The van der Waals surface area contributed by atoms with Crippen molar-refractivity contribution in [3.63, 3.8) is 0 Å². The van der Waals surface area contributed by atoms with Gasteiger partial charge in [0.05, 0.1) is 12.5 Å². The van der Waals surface area contributed by atoms with Gasteiger partial charge in [-0.05, 0) is 37.6 Å². The number of carbonyl (C=O) groups is 1. The summed E-state index contributed by atoms with van der Waals surface area (Å²) in [7, 11) is 1.40. The van der Waals surface area contributed by atoms with Crippen molar-refractivity contribution < 1.29 is 9.53 Å². The van der Waals surface area contributed by atoms with Crippen LogP contribution in [-0.2, 0) is 14.9 Å². The molecule has 0 saturated heterocycles. The minimum absolute atomic E-state index is 0.249. The second kappa shape index (κ2) is 4.66. The van der Waals surface area contributed by atoms with Crippen LogP contribution in [-0.4, -0.2) is 13.1 Å². The van der Waals surface area contributed by atoms with Crippen molar-refractivity contribution in [2.24, 2.45) is 0 Å². The number of benzene rings is 1. The summed E-state index contributed by atoms with van der Waals surface area (Å²) < 4.78 is 6.64. The predicted molar refractivity (Wildman–Crippen MR) is 66.9 cm³/mol. The minimum atomic E-state index is -0.655. The van der Waals surface area contributed by atoms with Crippen LogP contribution in [0.4, 0.5) is 0 Å². The van der Waals surface area contributed by atoms with Gasteiger partial charge in [0.15, 0.2) is 0 Å². The van der Waals surface area contributed by atoms with Gasteiger partial charge in [0.2, 0.25) is 0 Å². The first-order chi connectivity index (χ1) is 6.89. The van der Waals surface area contributed by atoms with Crippen LogP contribution in [0.1, 0.15) is 19.4 Å². The maximum Gasteiger partial charge on any atom is 0.315 e. The van der Waals surface area contributed by atoms with Crippen molar-refractivity contribution >= 4 is 37.8 Å². The first-order valence-electron chi connectivity index (χ1n) is 4.43. The molecule has 0 unspecified atom stereocenters. The number of rotatable bonds is 2. The summed E-state index contributed by atoms with van der Waals surface area (Å²) in [5.74, 6) is -0.249. The van der Waals surface area contributed by atoms with E-state index in [0.29, 0.717) is 0 Å². The number of hydrogen-bond acceptors (Lipinski definition) is 2. The number of methoxy groups -OCH3 is 1. The minimum Gasteiger partial charge on any atom is -0.468 e. The fourth-order valence-electron chi connectivity index (χ4n) is 1.34. The van der Waals surface area contributed by atoms with Gasteiger partial charge in [-0.1, -0.05) is 31.9 Å². The zero-order valence-electron chi connectivity index (χ0n) is 8.80. The van der Waals surface area contributed by atoms with E-state index in [4.69, 9.17) is 4.74 Å². The first kappa shape index (κ1) is 12.7. The Morgan fingerprint density at radius 2 is 1.93 bits per heavy atom. The molecule has 0 aliphatic heterocycles. The molecule has 0 heterocycles. The lowest BCUT2D eigenvalue weighted by Crippen LogP contribution is -2.30. The van der Waals surface area contributed by atoms with Crippen LogP contribution >= 0.6 is 31.9 Å². The number of carbonyl (C=O) groups excluding carboxylic acids is 1. The van der Waals surface area contributed by atoms with Gasteiger partial charge in [-0.3, -0.25) is 4.79 Å². The van der Waals surface area contributed by atoms with E-state index >= 15 is 0 Å². The van der Waals surface area contributed by atoms with Crippen LogP contribution in [0.5, 0.6) is 0 Å². The zero-order valence-corrected chi connectivity index (χ0v) is 12.0. The van der Waals surface area contributed by atoms with Crippen molar-refractivity contribution in [3.8, 4) is 0 Å². The van der Waals surface area contributed by atoms with E-state index in [-0.39, 0.29) is 5.97 Å². The molecule has 1 aromatic carbocycles. The molecule has 1 aromatic rings. The molecule has 0 amide bonds. The summed E-state index contributed by atoms with van der Waals surface area (Å²) in [5.41, 5.74) is 0.251. The van der Waals surface area contributed by atoms with Crippen molar-refractivity contribution in [2.45, 2.75) is 19.3 Å². The van der Waals surface area contributed by atoms with Gasteiger partial charge in [0.1, 0.15) is 0 Å². The van der Waals surface area contributed by atoms with Gasteiger partial charge < -0.3 is 4.74 Å². The number of ether oxygens (including phenoxy) is 1. The largest absolute Gasteiger partial charge is 0.468 e. The van der Waals surface area contributed by atoms with E-state index in [0.717, 1.165) is 14.5 Å². The van der Waals surface area contributed by atoms with Gasteiger partial charge in [0.25, 0.3) is 0 Å². The zero-order chi connectivity index (χ0) is 11.6. The molecular formula is C11H12Br2O2. The number of esters is 1. The molecule has 82 valence electrons. The fraction of sp³-hybridized carbons (Fsp3) is 0.364.